The molecule has 0 aliphatic rings. The van der Waals surface area contributed by atoms with Crippen LogP contribution in [-0.2, 0) is 39.0 Å². The molecule has 0 aliphatic heterocycles. The van der Waals surface area contributed by atoms with Gasteiger partial charge in [-0.3, -0.25) is 0 Å². The Morgan fingerprint density at radius 1 is 1.33 bits per heavy atom. The Morgan fingerprint density at radius 2 is 1.83 bits per heavy atom. The number of carbonyl (C=O) groups excluding carboxylic acids is 1. The summed E-state index contributed by atoms with van der Waals surface area (Å²) in [4.78, 5) is 10.6. The molecule has 2 nitrogen and oxygen atoms in total. The fourth-order valence-corrected chi connectivity index (χ4v) is 19.7. The van der Waals surface area contributed by atoms with Gasteiger partial charge in [0, 0.05) is 0 Å². The van der Waals surface area contributed by atoms with Crippen LogP contribution in [-0.4, -0.2) is 5.91 Å². The molecule has 2 N–H and O–H groups in total. The van der Waals surface area contributed by atoms with Gasteiger partial charge in [-0.1, -0.05) is 0 Å². The van der Waals surface area contributed by atoms with E-state index in [0.717, 1.165) is 9.53 Å². The monoisotopic (exact) mass is 271 g/mol. The first kappa shape index (κ1) is 12.7. The summed E-state index contributed by atoms with van der Waals surface area (Å²) in [7, 11) is 0. The molecule has 1 amide bonds. The Bertz CT molecular complexity index is 124. The molecule has 0 aromatic carbocycles. The van der Waals surface area contributed by atoms with E-state index in [0.29, 0.717) is 6.42 Å². The van der Waals surface area contributed by atoms with E-state index in [9.17, 15) is 4.79 Å². The van der Waals surface area contributed by atoms with Crippen molar-refractivity contribution in [3.63, 3.8) is 0 Å². The molecule has 0 radical (unpaired) electrons. The molecular weight excluding hydrogens is 257 g/mol. The molecule has 0 atom stereocenters. The third-order valence-electron chi connectivity index (χ3n) is 2.19. The van der Waals surface area contributed by atoms with E-state index in [1.165, 1.54) is 10.0 Å². The number of primary amides is 1. The Balaban J connectivity index is 3.54. The van der Waals surface area contributed by atoms with E-state index >= 15 is 0 Å². The Hall–Kier alpha value is 0.717. The van der Waals surface area contributed by atoms with Crippen molar-refractivity contribution in [2.45, 2.75) is 39.8 Å². The molecule has 0 spiro atoms. The van der Waals surface area contributed by atoms with Crippen molar-refractivity contribution in [2.24, 2.45) is 5.73 Å². The second-order valence-corrected chi connectivity index (χ2v) is 20.0. The fourth-order valence-electron chi connectivity index (χ4n) is 1.60. The summed E-state index contributed by atoms with van der Waals surface area (Å²) in [5.74, 6) is -0.1000. The van der Waals surface area contributed by atoms with Gasteiger partial charge in [-0.05, 0) is 0 Å². The maximum absolute atomic E-state index is 10.6. The van der Waals surface area contributed by atoms with Crippen LogP contribution in [0.2, 0.25) is 13.1 Å². The SMILES string of the molecule is C[CH2][Zn][CH](CCC(N)=O)[Zn][CH2]C. The van der Waals surface area contributed by atoms with Gasteiger partial charge in [0.2, 0.25) is 0 Å². The molecule has 0 rings (SSSR count). The molecule has 0 aromatic heterocycles. The van der Waals surface area contributed by atoms with Gasteiger partial charge in [0.1, 0.15) is 0 Å². The van der Waals surface area contributed by atoms with Crippen LogP contribution in [0.1, 0.15) is 26.7 Å². The molecule has 0 saturated heterocycles. The molecule has 64 valence electrons. The van der Waals surface area contributed by atoms with E-state index in [-0.39, 0.29) is 40.2 Å². The maximum atomic E-state index is 10.6. The zero-order valence-corrected chi connectivity index (χ0v) is 14.2. The van der Waals surface area contributed by atoms with Gasteiger partial charge in [0.15, 0.2) is 0 Å². The van der Waals surface area contributed by atoms with Gasteiger partial charge < -0.3 is 0 Å². The van der Waals surface area contributed by atoms with Gasteiger partial charge in [-0.25, -0.2) is 0 Å². The third kappa shape index (κ3) is 7.37. The standard InChI is InChI=1S/C4H7NO.2C2H5.2Zn/c1-2-3-4(5)6;2*1-2;;/h1H,2-3H2,(H2,5,6);2*1H2,2H3;;. The van der Waals surface area contributed by atoms with Crippen molar-refractivity contribution in [2.75, 3.05) is 0 Å². The van der Waals surface area contributed by atoms with Gasteiger partial charge in [0.05, 0.1) is 0 Å². The van der Waals surface area contributed by atoms with Crippen molar-refractivity contribution in [3.8, 4) is 0 Å². The van der Waals surface area contributed by atoms with Crippen LogP contribution in [0.15, 0.2) is 0 Å². The van der Waals surface area contributed by atoms with Crippen molar-refractivity contribution in [1.82, 2.24) is 0 Å². The molecule has 0 bridgehead atoms. The average molecular weight is 274 g/mol. The molecule has 0 fully saturated rings. The van der Waals surface area contributed by atoms with Crippen LogP contribution >= 0.6 is 0 Å². The zero-order chi connectivity index (χ0) is 9.40. The predicted octanol–water partition coefficient (Wildman–Crippen LogP) is 2.04. The summed E-state index contributed by atoms with van der Waals surface area (Å²) < 4.78 is 1.09. The van der Waals surface area contributed by atoms with Crippen molar-refractivity contribution < 1.29 is 39.0 Å². The first-order valence-electron chi connectivity index (χ1n) is 4.99. The van der Waals surface area contributed by atoms with Crippen LogP contribution in [0, 0.1) is 0 Å². The van der Waals surface area contributed by atoms with E-state index < -0.39 is 0 Å². The molecule has 12 heavy (non-hydrogen) atoms. The van der Waals surface area contributed by atoms with E-state index in [1.54, 1.807) is 0 Å². The summed E-state index contributed by atoms with van der Waals surface area (Å²) >= 11 is -0.500. The fraction of sp³-hybridized carbons (Fsp3) is 0.875. The number of rotatable bonds is 7. The topological polar surface area (TPSA) is 43.1 Å². The molecule has 0 unspecified atom stereocenters. The van der Waals surface area contributed by atoms with Gasteiger partial charge in [0.25, 0.3) is 0 Å². The molecule has 4 heteroatoms. The van der Waals surface area contributed by atoms with Crippen LogP contribution in [0.3, 0.4) is 0 Å². The van der Waals surface area contributed by atoms with Gasteiger partial charge in [-0.2, -0.15) is 0 Å². The summed E-state index contributed by atoms with van der Waals surface area (Å²) in [6.45, 7) is 4.60. The van der Waals surface area contributed by atoms with Gasteiger partial charge >= 0.3 is 90.5 Å². The van der Waals surface area contributed by atoms with Crippen molar-refractivity contribution in [1.29, 1.82) is 0 Å². The van der Waals surface area contributed by atoms with E-state index in [2.05, 4.69) is 13.8 Å². The summed E-state index contributed by atoms with van der Waals surface area (Å²) in [6, 6.07) is 0. The average Bonchev–Trinajstić information content (AvgIpc) is 2.01. The molecule has 0 aromatic rings. The summed E-state index contributed by atoms with van der Waals surface area (Å²) in [5, 5.41) is 2.89. The normalized spacial score (nSPS) is 9.25. The Morgan fingerprint density at radius 3 is 2.17 bits per heavy atom. The first-order chi connectivity index (χ1) is 5.70. The molecule has 0 aliphatic carbocycles. The quantitative estimate of drug-likeness (QED) is 0.709. The molecular formula is C8H17NOZn2. The number of carbonyl (C=O) groups is 1. The van der Waals surface area contributed by atoms with Gasteiger partial charge in [-0.15, -0.1) is 0 Å². The second-order valence-electron chi connectivity index (χ2n) is 3.45. The number of nitrogens with two attached hydrogens (primary N) is 1. The van der Waals surface area contributed by atoms with Crippen molar-refractivity contribution in [3.05, 3.63) is 0 Å². The number of hydrogen-bond acceptors (Lipinski definition) is 1. The molecule has 0 saturated carbocycles. The molecule has 0 heterocycles. The van der Waals surface area contributed by atoms with Crippen LogP contribution in [0.4, 0.5) is 0 Å². The van der Waals surface area contributed by atoms with E-state index in [4.69, 9.17) is 5.73 Å². The number of amides is 1. The van der Waals surface area contributed by atoms with Crippen LogP contribution in [0.25, 0.3) is 0 Å². The summed E-state index contributed by atoms with van der Waals surface area (Å²) in [6.07, 6.45) is 1.80. The third-order valence-corrected chi connectivity index (χ3v) is 18.7. The first-order valence-corrected chi connectivity index (χ1v) is 12.6. The Labute approximate surface area is 90.2 Å². The minimum absolute atomic E-state index is 0.1000. The van der Waals surface area contributed by atoms with Crippen molar-refractivity contribution >= 4 is 5.91 Å². The minimum atomic E-state index is -0.250. The second kappa shape index (κ2) is 8.32. The van der Waals surface area contributed by atoms with Crippen LogP contribution < -0.4 is 5.73 Å². The summed E-state index contributed by atoms with van der Waals surface area (Å²) in [5.41, 5.74) is 5.14. The Kier molecular flexibility index (Phi) is 8.82. The number of hydrogen-bond donors (Lipinski definition) is 1. The van der Waals surface area contributed by atoms with E-state index in [1.807, 2.05) is 0 Å². The van der Waals surface area contributed by atoms with Crippen LogP contribution in [0.5, 0.6) is 0 Å². The zero-order valence-electron chi connectivity index (χ0n) is 8.31. The predicted molar refractivity (Wildman–Crippen MR) is 43.1 cm³/mol.